The average Bonchev–Trinajstić information content (AvgIpc) is 2.62. The molecule has 2 aromatic rings. The number of amides is 2. The summed E-state index contributed by atoms with van der Waals surface area (Å²) in [4.78, 5) is 35.1. The van der Waals surface area contributed by atoms with Gasteiger partial charge < -0.3 is 9.47 Å². The second-order valence-corrected chi connectivity index (χ2v) is 5.54. The first-order chi connectivity index (χ1) is 11.9. The van der Waals surface area contributed by atoms with E-state index in [0.717, 1.165) is 7.11 Å². The van der Waals surface area contributed by atoms with Crippen LogP contribution in [0.1, 0.15) is 22.8 Å². The molecule has 0 saturated carbocycles. The predicted octanol–water partition coefficient (Wildman–Crippen LogP) is 3.22. The monoisotopic (exact) mass is 361 g/mol. The van der Waals surface area contributed by atoms with E-state index in [1.807, 2.05) is 5.32 Å². The molecule has 1 N–H and O–H groups in total. The Kier molecular flexibility index (Phi) is 6.14. The quantitative estimate of drug-likeness (QED) is 0.827. The third-order valence-corrected chi connectivity index (χ3v) is 3.57. The lowest BCUT2D eigenvalue weighted by atomic mass is 10.0. The van der Waals surface area contributed by atoms with Crippen molar-refractivity contribution < 1.29 is 23.9 Å². The van der Waals surface area contributed by atoms with Gasteiger partial charge in [-0.3, -0.25) is 14.9 Å². The molecule has 0 unspecified atom stereocenters. The molecule has 0 aliphatic rings. The molecule has 130 valence electrons. The minimum atomic E-state index is -0.906. The molecular weight excluding hydrogens is 346 g/mol. The van der Waals surface area contributed by atoms with E-state index in [9.17, 15) is 14.4 Å². The van der Waals surface area contributed by atoms with E-state index in [4.69, 9.17) is 16.3 Å². The van der Waals surface area contributed by atoms with Crippen LogP contribution in [0.2, 0.25) is 5.02 Å². The number of carbonyl (C=O) groups is 3. The largest absolute Gasteiger partial charge is 0.481 e. The normalized spacial score (nSPS) is 11.3. The van der Waals surface area contributed by atoms with Gasteiger partial charge in [-0.1, -0.05) is 11.6 Å². The molecule has 7 heteroatoms. The van der Waals surface area contributed by atoms with Crippen molar-refractivity contribution in [3.8, 4) is 5.75 Å². The summed E-state index contributed by atoms with van der Waals surface area (Å²) >= 11 is 5.81. The number of hydrogen-bond donors (Lipinski definition) is 1. The van der Waals surface area contributed by atoms with Crippen LogP contribution in [0.5, 0.6) is 5.75 Å². The number of methoxy groups -OCH3 is 1. The Morgan fingerprint density at radius 1 is 0.960 bits per heavy atom. The second kappa shape index (κ2) is 8.30. The fourth-order valence-electron chi connectivity index (χ4n) is 1.96. The molecule has 1 atom stereocenters. The van der Waals surface area contributed by atoms with E-state index >= 15 is 0 Å². The molecule has 0 spiro atoms. The van der Waals surface area contributed by atoms with Crippen LogP contribution in [-0.4, -0.2) is 31.0 Å². The number of halogens is 1. The average molecular weight is 362 g/mol. The van der Waals surface area contributed by atoms with Gasteiger partial charge in [-0.15, -0.1) is 0 Å². The highest BCUT2D eigenvalue weighted by atomic mass is 35.5. The Morgan fingerprint density at radius 3 is 2.00 bits per heavy atom. The van der Waals surface area contributed by atoms with Gasteiger partial charge in [-0.05, 0) is 55.5 Å². The summed E-state index contributed by atoms with van der Waals surface area (Å²) in [6.07, 6.45) is -1.76. The first kappa shape index (κ1) is 18.5. The van der Waals surface area contributed by atoms with Crippen LogP contribution in [0.15, 0.2) is 48.5 Å². The summed E-state index contributed by atoms with van der Waals surface area (Å²) in [5.74, 6) is -0.395. The van der Waals surface area contributed by atoms with E-state index in [2.05, 4.69) is 4.74 Å². The highest BCUT2D eigenvalue weighted by Crippen LogP contribution is 2.18. The summed E-state index contributed by atoms with van der Waals surface area (Å²) in [5.41, 5.74) is 0.991. The number of imide groups is 1. The molecule has 0 heterocycles. The van der Waals surface area contributed by atoms with Gasteiger partial charge in [0.15, 0.2) is 11.9 Å². The summed E-state index contributed by atoms with van der Waals surface area (Å²) in [5, 5.41) is 2.57. The maximum atomic E-state index is 12.4. The molecule has 0 radical (unpaired) electrons. The van der Waals surface area contributed by atoms with Crippen molar-refractivity contribution >= 4 is 29.4 Å². The molecular formula is C18H16ClNO5. The van der Waals surface area contributed by atoms with Crippen molar-refractivity contribution in [1.29, 1.82) is 0 Å². The van der Waals surface area contributed by atoms with Gasteiger partial charge in [0.25, 0.3) is 5.91 Å². The van der Waals surface area contributed by atoms with Crippen molar-refractivity contribution in [2.45, 2.75) is 13.0 Å². The fraction of sp³-hybridized carbons (Fsp3) is 0.167. The van der Waals surface area contributed by atoms with Gasteiger partial charge in [0.05, 0.1) is 7.11 Å². The molecule has 2 aromatic carbocycles. The van der Waals surface area contributed by atoms with Crippen LogP contribution < -0.4 is 10.1 Å². The Balaban J connectivity index is 2.02. The number of rotatable bonds is 5. The van der Waals surface area contributed by atoms with Crippen molar-refractivity contribution in [2.75, 3.05) is 7.11 Å². The van der Waals surface area contributed by atoms with Crippen LogP contribution in [0.25, 0.3) is 0 Å². The zero-order chi connectivity index (χ0) is 18.4. The topological polar surface area (TPSA) is 81.7 Å². The Morgan fingerprint density at radius 2 is 1.48 bits per heavy atom. The predicted molar refractivity (Wildman–Crippen MR) is 92.0 cm³/mol. The molecule has 2 amide bonds. The number of ether oxygens (including phenoxy) is 2. The zero-order valence-corrected chi connectivity index (χ0v) is 14.4. The standard InChI is InChI=1S/C18H16ClNO5/c1-11(17(22)20-18(23)24-2)25-15-9-5-13(6-10-15)16(21)12-3-7-14(19)8-4-12/h3-11H,1-2H3,(H,20,22,23)/t11-/m1/s1. The van der Waals surface area contributed by atoms with E-state index < -0.39 is 18.1 Å². The zero-order valence-electron chi connectivity index (χ0n) is 13.6. The number of ketones is 1. The van der Waals surface area contributed by atoms with Crippen LogP contribution >= 0.6 is 11.6 Å². The fourth-order valence-corrected chi connectivity index (χ4v) is 2.09. The maximum Gasteiger partial charge on any atom is 0.413 e. The number of nitrogens with one attached hydrogen (secondary N) is 1. The number of carbonyl (C=O) groups excluding carboxylic acids is 3. The first-order valence-electron chi connectivity index (χ1n) is 7.36. The molecule has 0 aliphatic heterocycles. The lowest BCUT2D eigenvalue weighted by molar-refractivity contribution is -0.126. The van der Waals surface area contributed by atoms with E-state index in [1.165, 1.54) is 6.92 Å². The first-order valence-corrected chi connectivity index (χ1v) is 7.74. The van der Waals surface area contributed by atoms with Gasteiger partial charge in [0.2, 0.25) is 0 Å². The summed E-state index contributed by atoms with van der Waals surface area (Å²) in [7, 11) is 1.16. The van der Waals surface area contributed by atoms with Crippen molar-refractivity contribution in [3.05, 3.63) is 64.7 Å². The molecule has 25 heavy (non-hydrogen) atoms. The van der Waals surface area contributed by atoms with E-state index in [0.29, 0.717) is 21.9 Å². The highest BCUT2D eigenvalue weighted by molar-refractivity contribution is 6.30. The third kappa shape index (κ3) is 5.06. The Hall–Kier alpha value is -2.86. The van der Waals surface area contributed by atoms with E-state index in [1.54, 1.807) is 48.5 Å². The smallest absolute Gasteiger partial charge is 0.413 e. The second-order valence-electron chi connectivity index (χ2n) is 5.10. The summed E-state index contributed by atoms with van der Waals surface area (Å²) in [6, 6.07) is 12.9. The third-order valence-electron chi connectivity index (χ3n) is 3.32. The number of alkyl carbamates (subject to hydrolysis) is 1. The minimum absolute atomic E-state index is 0.153. The SMILES string of the molecule is COC(=O)NC(=O)[C@@H](C)Oc1ccc(C(=O)c2ccc(Cl)cc2)cc1. The lowest BCUT2D eigenvalue weighted by Gasteiger charge is -2.14. The van der Waals surface area contributed by atoms with Crippen molar-refractivity contribution in [1.82, 2.24) is 5.32 Å². The molecule has 0 aromatic heterocycles. The lowest BCUT2D eigenvalue weighted by Crippen LogP contribution is -2.39. The molecule has 0 bridgehead atoms. The maximum absolute atomic E-state index is 12.4. The number of benzene rings is 2. The van der Waals surface area contributed by atoms with Gasteiger partial charge in [0.1, 0.15) is 5.75 Å². The van der Waals surface area contributed by atoms with Gasteiger partial charge in [-0.2, -0.15) is 0 Å². The molecule has 2 rings (SSSR count). The Bertz CT molecular complexity index is 771. The van der Waals surface area contributed by atoms with Gasteiger partial charge >= 0.3 is 6.09 Å². The van der Waals surface area contributed by atoms with Crippen LogP contribution in [0.4, 0.5) is 4.79 Å². The molecule has 0 fully saturated rings. The molecule has 0 aliphatic carbocycles. The van der Waals surface area contributed by atoms with Crippen LogP contribution in [0.3, 0.4) is 0 Å². The van der Waals surface area contributed by atoms with Crippen molar-refractivity contribution in [3.63, 3.8) is 0 Å². The molecule has 6 nitrogen and oxygen atoms in total. The number of hydrogen-bond acceptors (Lipinski definition) is 5. The van der Waals surface area contributed by atoms with E-state index in [-0.39, 0.29) is 5.78 Å². The molecule has 0 saturated heterocycles. The van der Waals surface area contributed by atoms with Crippen LogP contribution in [0, 0.1) is 0 Å². The van der Waals surface area contributed by atoms with Gasteiger partial charge in [0, 0.05) is 16.1 Å². The summed E-state index contributed by atoms with van der Waals surface area (Å²) in [6.45, 7) is 1.49. The Labute approximate surface area is 149 Å². The van der Waals surface area contributed by atoms with Gasteiger partial charge in [-0.25, -0.2) is 4.79 Å². The van der Waals surface area contributed by atoms with Crippen LogP contribution in [-0.2, 0) is 9.53 Å². The van der Waals surface area contributed by atoms with Crippen molar-refractivity contribution in [2.24, 2.45) is 0 Å². The summed E-state index contributed by atoms with van der Waals surface area (Å²) < 4.78 is 9.77. The highest BCUT2D eigenvalue weighted by Gasteiger charge is 2.18. The minimum Gasteiger partial charge on any atom is -0.481 e.